The summed E-state index contributed by atoms with van der Waals surface area (Å²) in [6.45, 7) is 0. The van der Waals surface area contributed by atoms with Crippen LogP contribution in [0.1, 0.15) is 0 Å². The first-order chi connectivity index (χ1) is 10.1. The van der Waals surface area contributed by atoms with Crippen LogP contribution < -0.4 is 5.32 Å². The molecule has 0 saturated heterocycles. The van der Waals surface area contributed by atoms with Crippen molar-refractivity contribution in [3.05, 3.63) is 30.0 Å². The molecule has 0 aliphatic rings. The second-order valence-electron chi connectivity index (χ2n) is 3.77. The Hall–Kier alpha value is -2.55. The third-order valence-corrected chi connectivity index (χ3v) is 4.46. The van der Waals surface area contributed by atoms with Crippen molar-refractivity contribution in [2.24, 2.45) is 0 Å². The van der Waals surface area contributed by atoms with Gasteiger partial charge in [-0.15, -0.1) is 11.3 Å². The van der Waals surface area contributed by atoms with Crippen LogP contribution in [-0.4, -0.2) is 21.8 Å². The summed E-state index contributed by atoms with van der Waals surface area (Å²) in [4.78, 5) is 14.9. The molecule has 21 heavy (non-hydrogen) atoms. The number of benzene rings is 1. The Balaban J connectivity index is 2.18. The summed E-state index contributed by atoms with van der Waals surface area (Å²) in [6, 6.07) is 8.92. The first-order valence-electron chi connectivity index (χ1n) is 5.64. The number of nitrogens with one attached hydrogen (secondary N) is 1. The number of aliphatic carboxylic acids is 1. The highest BCUT2D eigenvalue weighted by Gasteiger charge is 2.07. The van der Waals surface area contributed by atoms with Crippen molar-refractivity contribution in [3.63, 3.8) is 0 Å². The van der Waals surface area contributed by atoms with Crippen molar-refractivity contribution in [2.75, 3.05) is 11.1 Å². The van der Waals surface area contributed by atoms with Crippen molar-refractivity contribution in [2.45, 2.75) is 4.34 Å². The van der Waals surface area contributed by atoms with E-state index in [2.05, 4.69) is 10.3 Å². The second-order valence-corrected chi connectivity index (χ2v) is 6.02. The minimum atomic E-state index is -0.882. The van der Waals surface area contributed by atoms with Gasteiger partial charge in [-0.2, -0.15) is 10.5 Å². The Morgan fingerprint density at radius 2 is 2.24 bits per heavy atom. The molecule has 2 rings (SSSR count). The lowest BCUT2D eigenvalue weighted by atomic mass is 10.3. The van der Waals surface area contributed by atoms with Gasteiger partial charge in [0.25, 0.3) is 0 Å². The molecule has 0 amide bonds. The van der Waals surface area contributed by atoms with Crippen LogP contribution in [0.25, 0.3) is 10.2 Å². The van der Waals surface area contributed by atoms with E-state index < -0.39 is 5.97 Å². The molecule has 6 nitrogen and oxygen atoms in total. The van der Waals surface area contributed by atoms with Crippen LogP contribution in [0.2, 0.25) is 0 Å². The van der Waals surface area contributed by atoms with Gasteiger partial charge in [0.05, 0.1) is 16.0 Å². The molecule has 1 heterocycles. The number of rotatable bonds is 5. The molecule has 2 aromatic rings. The number of nitriles is 2. The Morgan fingerprint density at radius 3 is 2.90 bits per heavy atom. The lowest BCUT2D eigenvalue weighted by Crippen LogP contribution is -1.96. The van der Waals surface area contributed by atoms with Crippen molar-refractivity contribution in [1.29, 1.82) is 10.5 Å². The van der Waals surface area contributed by atoms with Crippen molar-refractivity contribution < 1.29 is 9.90 Å². The summed E-state index contributed by atoms with van der Waals surface area (Å²) < 4.78 is 1.59. The van der Waals surface area contributed by atoms with E-state index in [1.807, 2.05) is 6.07 Å². The van der Waals surface area contributed by atoms with E-state index >= 15 is 0 Å². The molecule has 104 valence electrons. The third kappa shape index (κ3) is 3.96. The predicted octanol–water partition coefficient (Wildman–Crippen LogP) is 2.82. The lowest BCUT2D eigenvalue weighted by Gasteiger charge is -1.99. The molecule has 0 atom stereocenters. The zero-order valence-corrected chi connectivity index (χ0v) is 12.2. The fourth-order valence-electron chi connectivity index (χ4n) is 1.42. The zero-order valence-electron chi connectivity index (χ0n) is 10.5. The van der Waals surface area contributed by atoms with Gasteiger partial charge in [0.15, 0.2) is 4.34 Å². The Labute approximate surface area is 128 Å². The molecule has 0 spiro atoms. The first kappa shape index (κ1) is 14.9. The van der Waals surface area contributed by atoms with Gasteiger partial charge in [-0.1, -0.05) is 11.8 Å². The second kappa shape index (κ2) is 6.75. The number of carboxylic acid groups (broad SMARTS) is 1. The number of aromatic nitrogens is 1. The molecule has 1 aromatic carbocycles. The largest absolute Gasteiger partial charge is 0.481 e. The number of fused-ring (bicyclic) bond motifs is 1. The van der Waals surface area contributed by atoms with Gasteiger partial charge in [0.2, 0.25) is 0 Å². The molecule has 0 bridgehead atoms. The lowest BCUT2D eigenvalue weighted by molar-refractivity contribution is -0.133. The number of thiazole rings is 1. The molecular weight excluding hydrogens is 308 g/mol. The number of nitrogens with zero attached hydrogens (tertiary/aromatic N) is 3. The van der Waals surface area contributed by atoms with Gasteiger partial charge in [-0.3, -0.25) is 4.79 Å². The smallest absolute Gasteiger partial charge is 0.313 e. The van der Waals surface area contributed by atoms with E-state index in [9.17, 15) is 4.79 Å². The van der Waals surface area contributed by atoms with Gasteiger partial charge in [-0.25, -0.2) is 4.98 Å². The number of hydrogen-bond donors (Lipinski definition) is 2. The summed E-state index contributed by atoms with van der Waals surface area (Å²) >= 11 is 2.57. The van der Waals surface area contributed by atoms with E-state index in [0.29, 0.717) is 4.34 Å². The first-order valence-corrected chi connectivity index (χ1v) is 7.44. The average molecular weight is 316 g/mol. The normalized spacial score (nSPS) is 9.62. The van der Waals surface area contributed by atoms with E-state index in [4.69, 9.17) is 15.6 Å². The Kier molecular flexibility index (Phi) is 4.77. The van der Waals surface area contributed by atoms with Gasteiger partial charge >= 0.3 is 5.97 Å². The van der Waals surface area contributed by atoms with E-state index in [1.54, 1.807) is 24.3 Å². The topological polar surface area (TPSA) is 110 Å². The number of carbonyl (C=O) groups is 1. The molecule has 0 aliphatic carbocycles. The third-order valence-electron chi connectivity index (χ3n) is 2.31. The zero-order chi connectivity index (χ0) is 15.2. The summed E-state index contributed by atoms with van der Waals surface area (Å²) in [5, 5.41) is 28.8. The number of anilines is 1. The van der Waals surface area contributed by atoms with Crippen molar-refractivity contribution >= 4 is 45.0 Å². The standard InChI is InChI=1S/C13H8N4O2S2/c14-4-8(5-15)6-16-9-1-2-10-11(3-9)21-13(17-10)20-7-12(18)19/h1-3,6,16H,7H2,(H,18,19). The number of allylic oxidation sites excluding steroid dienone is 1. The summed E-state index contributed by atoms with van der Waals surface area (Å²) in [6.07, 6.45) is 1.34. The molecule has 1 aromatic heterocycles. The molecule has 0 unspecified atom stereocenters. The summed E-state index contributed by atoms with van der Waals surface area (Å²) in [5.74, 6) is -0.909. The minimum absolute atomic E-state index is 0.0166. The van der Waals surface area contributed by atoms with Gasteiger partial charge in [0, 0.05) is 11.9 Å². The SMILES string of the molecule is N#CC(C#N)=CNc1ccc2nc(SCC(=O)O)sc2c1. The maximum atomic E-state index is 10.5. The predicted molar refractivity (Wildman–Crippen MR) is 80.9 cm³/mol. The maximum absolute atomic E-state index is 10.5. The van der Waals surface area contributed by atoms with E-state index in [1.165, 1.54) is 29.3 Å². The van der Waals surface area contributed by atoms with Crippen molar-refractivity contribution in [3.8, 4) is 12.1 Å². The van der Waals surface area contributed by atoms with Gasteiger partial charge in [-0.05, 0) is 18.2 Å². The van der Waals surface area contributed by atoms with Crippen LogP contribution >= 0.6 is 23.1 Å². The molecule has 0 fully saturated rings. The van der Waals surface area contributed by atoms with Gasteiger partial charge < -0.3 is 10.4 Å². The highest BCUT2D eigenvalue weighted by atomic mass is 32.2. The van der Waals surface area contributed by atoms with Crippen LogP contribution in [0.3, 0.4) is 0 Å². The molecular formula is C13H8N4O2S2. The molecule has 8 heteroatoms. The monoisotopic (exact) mass is 316 g/mol. The molecule has 2 N–H and O–H groups in total. The van der Waals surface area contributed by atoms with Crippen LogP contribution in [0.5, 0.6) is 0 Å². The fraction of sp³-hybridized carbons (Fsp3) is 0.0769. The number of hydrogen-bond acceptors (Lipinski definition) is 7. The van der Waals surface area contributed by atoms with E-state index in [-0.39, 0.29) is 11.3 Å². The summed E-state index contributed by atoms with van der Waals surface area (Å²) in [7, 11) is 0. The summed E-state index contributed by atoms with van der Waals surface area (Å²) in [5.41, 5.74) is 1.49. The maximum Gasteiger partial charge on any atom is 0.313 e. The fourth-order valence-corrected chi connectivity index (χ4v) is 3.25. The van der Waals surface area contributed by atoms with Crippen LogP contribution in [-0.2, 0) is 4.79 Å². The highest BCUT2D eigenvalue weighted by molar-refractivity contribution is 8.01. The highest BCUT2D eigenvalue weighted by Crippen LogP contribution is 2.31. The molecule has 0 saturated carbocycles. The quantitative estimate of drug-likeness (QED) is 0.644. The average Bonchev–Trinajstić information content (AvgIpc) is 2.88. The number of thioether (sulfide) groups is 1. The Morgan fingerprint density at radius 1 is 1.48 bits per heavy atom. The van der Waals surface area contributed by atoms with Crippen LogP contribution in [0, 0.1) is 22.7 Å². The van der Waals surface area contributed by atoms with E-state index in [0.717, 1.165) is 15.9 Å². The molecule has 0 aliphatic heterocycles. The van der Waals surface area contributed by atoms with Crippen LogP contribution in [0.4, 0.5) is 5.69 Å². The Bertz CT molecular complexity index is 783. The number of carboxylic acids is 1. The minimum Gasteiger partial charge on any atom is -0.481 e. The van der Waals surface area contributed by atoms with Crippen LogP contribution in [0.15, 0.2) is 34.3 Å². The van der Waals surface area contributed by atoms with Gasteiger partial charge in [0.1, 0.15) is 17.7 Å². The van der Waals surface area contributed by atoms with Crippen molar-refractivity contribution in [1.82, 2.24) is 4.98 Å². The molecule has 0 radical (unpaired) electrons.